The molecule has 0 N–H and O–H groups in total. The number of amides is 1. The average Bonchev–Trinajstić information content (AvgIpc) is 3.31. The van der Waals surface area contributed by atoms with E-state index in [1.165, 1.54) is 18.4 Å². The molecule has 3 heterocycles. The number of rotatable bonds is 4. The van der Waals surface area contributed by atoms with Crippen molar-refractivity contribution in [3.63, 3.8) is 0 Å². The fraction of sp³-hybridized carbons (Fsp3) is 0.333. The molecule has 1 aromatic heterocycles. The molecule has 1 saturated heterocycles. The van der Waals surface area contributed by atoms with E-state index in [1.54, 1.807) is 0 Å². The van der Waals surface area contributed by atoms with E-state index in [1.807, 2.05) is 41.3 Å². The molecule has 2 aliphatic rings. The van der Waals surface area contributed by atoms with Crippen LogP contribution < -0.4 is 14.5 Å². The van der Waals surface area contributed by atoms with Gasteiger partial charge in [0.05, 0.1) is 0 Å². The molecule has 5 nitrogen and oxygen atoms in total. The van der Waals surface area contributed by atoms with Crippen molar-refractivity contribution in [3.05, 3.63) is 60.2 Å². The Morgan fingerprint density at radius 1 is 0.931 bits per heavy atom. The van der Waals surface area contributed by atoms with E-state index in [9.17, 15) is 4.79 Å². The Kier molecular flexibility index (Phi) is 4.80. The highest BCUT2D eigenvalue weighted by atomic mass is 16.5. The second-order valence-electron chi connectivity index (χ2n) is 7.76. The van der Waals surface area contributed by atoms with Crippen LogP contribution in [0.4, 0.5) is 11.5 Å². The zero-order valence-electron chi connectivity index (χ0n) is 16.5. The van der Waals surface area contributed by atoms with E-state index in [-0.39, 0.29) is 12.5 Å². The SMILES string of the molecule is O=C(COc1cccc2ccc(N3CCCC3)nc12)N1CCCc2ccccc21. The molecule has 0 spiro atoms. The van der Waals surface area contributed by atoms with Crippen LogP contribution in [0, 0.1) is 0 Å². The molecule has 0 bridgehead atoms. The second-order valence-corrected chi connectivity index (χ2v) is 7.76. The largest absolute Gasteiger partial charge is 0.481 e. The maximum absolute atomic E-state index is 12.9. The molecule has 1 amide bonds. The van der Waals surface area contributed by atoms with Gasteiger partial charge in [-0.15, -0.1) is 0 Å². The fourth-order valence-corrected chi connectivity index (χ4v) is 4.36. The van der Waals surface area contributed by atoms with Gasteiger partial charge in [-0.2, -0.15) is 0 Å². The van der Waals surface area contributed by atoms with E-state index in [0.29, 0.717) is 5.75 Å². The Bertz CT molecular complexity index is 1040. The predicted molar refractivity (Wildman–Crippen MR) is 116 cm³/mol. The Hall–Kier alpha value is -3.08. The van der Waals surface area contributed by atoms with Crippen LogP contribution in [-0.2, 0) is 11.2 Å². The zero-order valence-corrected chi connectivity index (χ0v) is 16.5. The maximum Gasteiger partial charge on any atom is 0.264 e. The highest BCUT2D eigenvalue weighted by Crippen LogP contribution is 2.29. The first-order valence-corrected chi connectivity index (χ1v) is 10.5. The van der Waals surface area contributed by atoms with E-state index < -0.39 is 0 Å². The number of pyridine rings is 1. The summed E-state index contributed by atoms with van der Waals surface area (Å²) in [6.07, 6.45) is 4.43. The van der Waals surface area contributed by atoms with Gasteiger partial charge in [0.2, 0.25) is 0 Å². The lowest BCUT2D eigenvalue weighted by Crippen LogP contribution is -2.38. The summed E-state index contributed by atoms with van der Waals surface area (Å²) in [5, 5.41) is 1.03. The van der Waals surface area contributed by atoms with E-state index in [0.717, 1.165) is 54.9 Å². The number of carbonyl (C=O) groups is 1. The first kappa shape index (κ1) is 18.0. The number of aromatic nitrogens is 1. The summed E-state index contributed by atoms with van der Waals surface area (Å²) in [6.45, 7) is 2.86. The molecule has 0 saturated carbocycles. The van der Waals surface area contributed by atoms with Crippen LogP contribution in [0.2, 0.25) is 0 Å². The predicted octanol–water partition coefficient (Wildman–Crippen LogP) is 4.19. The zero-order chi connectivity index (χ0) is 19.6. The lowest BCUT2D eigenvalue weighted by molar-refractivity contribution is -0.120. The van der Waals surface area contributed by atoms with Crippen LogP contribution in [0.15, 0.2) is 54.6 Å². The van der Waals surface area contributed by atoms with Crippen molar-refractivity contribution in [1.29, 1.82) is 0 Å². The third-order valence-corrected chi connectivity index (χ3v) is 5.86. The first-order chi connectivity index (χ1) is 14.3. The number of anilines is 2. The number of hydrogen-bond acceptors (Lipinski definition) is 4. The Morgan fingerprint density at radius 2 is 1.79 bits per heavy atom. The first-order valence-electron chi connectivity index (χ1n) is 10.5. The van der Waals surface area contributed by atoms with Crippen LogP contribution in [0.1, 0.15) is 24.8 Å². The van der Waals surface area contributed by atoms with Gasteiger partial charge in [0.15, 0.2) is 6.61 Å². The van der Waals surface area contributed by atoms with E-state index in [4.69, 9.17) is 9.72 Å². The molecule has 5 heteroatoms. The quantitative estimate of drug-likeness (QED) is 0.673. The van der Waals surface area contributed by atoms with Crippen molar-refractivity contribution in [2.45, 2.75) is 25.7 Å². The monoisotopic (exact) mass is 387 g/mol. The second kappa shape index (κ2) is 7.74. The molecule has 0 atom stereocenters. The lowest BCUT2D eigenvalue weighted by atomic mass is 10.0. The van der Waals surface area contributed by atoms with Crippen LogP contribution >= 0.6 is 0 Å². The van der Waals surface area contributed by atoms with E-state index in [2.05, 4.69) is 23.1 Å². The van der Waals surface area contributed by atoms with Crippen LogP contribution in [0.5, 0.6) is 5.75 Å². The summed E-state index contributed by atoms with van der Waals surface area (Å²) in [6, 6.07) is 18.2. The van der Waals surface area contributed by atoms with Crippen molar-refractivity contribution in [3.8, 4) is 5.75 Å². The van der Waals surface area contributed by atoms with Crippen LogP contribution in [-0.4, -0.2) is 37.1 Å². The maximum atomic E-state index is 12.9. The van der Waals surface area contributed by atoms with Gasteiger partial charge >= 0.3 is 0 Å². The number of aryl methyl sites for hydroxylation is 1. The molecule has 29 heavy (non-hydrogen) atoms. The van der Waals surface area contributed by atoms with E-state index >= 15 is 0 Å². The molecule has 3 aromatic rings. The Balaban J connectivity index is 1.37. The van der Waals surface area contributed by atoms with Crippen molar-refractivity contribution >= 4 is 28.3 Å². The van der Waals surface area contributed by atoms with Gasteiger partial charge in [0.1, 0.15) is 17.1 Å². The lowest BCUT2D eigenvalue weighted by Gasteiger charge is -2.29. The number of hydrogen-bond donors (Lipinski definition) is 0. The number of fused-ring (bicyclic) bond motifs is 2. The molecule has 0 unspecified atom stereocenters. The summed E-state index contributed by atoms with van der Waals surface area (Å²) in [7, 11) is 0. The van der Waals surface area contributed by atoms with Gasteiger partial charge < -0.3 is 14.5 Å². The van der Waals surface area contributed by atoms with Gasteiger partial charge in [-0.25, -0.2) is 4.98 Å². The molecular formula is C24H25N3O2. The molecular weight excluding hydrogens is 362 g/mol. The number of benzene rings is 2. The van der Waals surface area contributed by atoms with Crippen molar-refractivity contribution in [1.82, 2.24) is 4.98 Å². The third kappa shape index (κ3) is 3.53. The highest BCUT2D eigenvalue weighted by molar-refractivity contribution is 5.96. The standard InChI is InChI=1S/C24H25N3O2/c28-23(27-16-6-9-18-7-1-2-10-20(18)27)17-29-21-11-5-8-19-12-13-22(25-24(19)21)26-14-3-4-15-26/h1-2,5,7-8,10-13H,3-4,6,9,14-17H2. The number of para-hydroxylation sites is 2. The minimum atomic E-state index is -0.00940. The van der Waals surface area contributed by atoms with Gasteiger partial charge in [-0.05, 0) is 55.5 Å². The van der Waals surface area contributed by atoms with Crippen LogP contribution in [0.25, 0.3) is 10.9 Å². The van der Waals surface area contributed by atoms with Crippen molar-refractivity contribution < 1.29 is 9.53 Å². The van der Waals surface area contributed by atoms with Gasteiger partial charge in [0.25, 0.3) is 5.91 Å². The van der Waals surface area contributed by atoms with Crippen molar-refractivity contribution in [2.75, 3.05) is 36.0 Å². The third-order valence-electron chi connectivity index (χ3n) is 5.86. The molecule has 2 aromatic carbocycles. The van der Waals surface area contributed by atoms with Gasteiger partial charge in [-0.3, -0.25) is 4.79 Å². The molecule has 2 aliphatic heterocycles. The fourth-order valence-electron chi connectivity index (χ4n) is 4.36. The summed E-state index contributed by atoms with van der Waals surface area (Å²) in [4.78, 5) is 21.9. The van der Waals surface area contributed by atoms with Crippen LogP contribution in [0.3, 0.4) is 0 Å². The minimum Gasteiger partial charge on any atom is -0.481 e. The summed E-state index contributed by atoms with van der Waals surface area (Å²) >= 11 is 0. The van der Waals surface area contributed by atoms with Gasteiger partial charge in [0, 0.05) is 30.7 Å². The normalized spacial score (nSPS) is 16.1. The van der Waals surface area contributed by atoms with Crippen molar-refractivity contribution in [2.24, 2.45) is 0 Å². The summed E-state index contributed by atoms with van der Waals surface area (Å²) in [5.74, 6) is 1.65. The summed E-state index contributed by atoms with van der Waals surface area (Å²) < 4.78 is 5.99. The Labute approximate surface area is 170 Å². The summed E-state index contributed by atoms with van der Waals surface area (Å²) in [5.41, 5.74) is 3.07. The average molecular weight is 387 g/mol. The number of ether oxygens (including phenoxy) is 1. The number of nitrogens with zero attached hydrogens (tertiary/aromatic N) is 3. The molecule has 5 rings (SSSR count). The minimum absolute atomic E-state index is 0.00940. The topological polar surface area (TPSA) is 45.7 Å². The van der Waals surface area contributed by atoms with Gasteiger partial charge in [-0.1, -0.05) is 30.3 Å². The molecule has 0 radical (unpaired) electrons. The smallest absolute Gasteiger partial charge is 0.264 e. The molecule has 0 aliphatic carbocycles. The number of carbonyl (C=O) groups excluding carboxylic acids is 1. The molecule has 148 valence electrons. The molecule has 1 fully saturated rings. The Morgan fingerprint density at radius 3 is 2.69 bits per heavy atom. The highest BCUT2D eigenvalue weighted by Gasteiger charge is 2.23.